The van der Waals surface area contributed by atoms with E-state index in [-0.39, 0.29) is 0 Å². The summed E-state index contributed by atoms with van der Waals surface area (Å²) >= 11 is 0. The number of hydrogen-bond donors (Lipinski definition) is 0. The predicted molar refractivity (Wildman–Crippen MR) is 222 cm³/mol. The van der Waals surface area contributed by atoms with E-state index in [9.17, 15) is 0 Å². The first kappa shape index (κ1) is 29.6. The number of fused-ring (bicyclic) bond motifs is 6. The molecule has 0 spiro atoms. The number of para-hydroxylation sites is 1. The zero-order valence-corrected chi connectivity index (χ0v) is 28.7. The van der Waals surface area contributed by atoms with Gasteiger partial charge in [0.25, 0.3) is 0 Å². The molecule has 1 aliphatic carbocycles. The van der Waals surface area contributed by atoms with Crippen LogP contribution in [0.25, 0.3) is 87.9 Å². The Labute approximate surface area is 307 Å². The summed E-state index contributed by atoms with van der Waals surface area (Å²) in [6, 6.07) is 63.6. The van der Waals surface area contributed by atoms with Crippen molar-refractivity contribution < 1.29 is 0 Å². The first-order valence-electron chi connectivity index (χ1n) is 18.1. The Balaban J connectivity index is 1.26. The Hall–Kier alpha value is -7.10. The van der Waals surface area contributed by atoms with E-state index in [0.29, 0.717) is 0 Å². The molecule has 246 valence electrons. The minimum absolute atomic E-state index is 0.961. The van der Waals surface area contributed by atoms with Crippen LogP contribution >= 0.6 is 0 Å². The van der Waals surface area contributed by atoms with Crippen LogP contribution in [0, 0.1) is 0 Å². The van der Waals surface area contributed by atoms with E-state index in [4.69, 9.17) is 4.98 Å². The molecule has 0 atom stereocenters. The second-order valence-corrected chi connectivity index (χ2v) is 13.7. The molecular weight excluding hydrogens is 643 g/mol. The number of pyridine rings is 2. The minimum Gasteiger partial charge on any atom is -0.309 e. The van der Waals surface area contributed by atoms with E-state index in [0.717, 1.165) is 38.9 Å². The van der Waals surface area contributed by atoms with Crippen molar-refractivity contribution in [2.24, 2.45) is 0 Å². The van der Waals surface area contributed by atoms with Crippen molar-refractivity contribution >= 4 is 60.4 Å². The van der Waals surface area contributed by atoms with Gasteiger partial charge in [0.1, 0.15) is 0 Å². The monoisotopic (exact) mass is 673 g/mol. The van der Waals surface area contributed by atoms with E-state index in [1.165, 1.54) is 66.1 Å². The highest BCUT2D eigenvalue weighted by Gasteiger charge is 2.32. The predicted octanol–water partition coefficient (Wildman–Crippen LogP) is 13.5. The van der Waals surface area contributed by atoms with E-state index in [2.05, 4.69) is 180 Å². The molecule has 2 aromatic heterocycles. The molecule has 3 nitrogen and oxygen atoms in total. The third-order valence-electron chi connectivity index (χ3n) is 10.8. The van der Waals surface area contributed by atoms with Gasteiger partial charge in [0.2, 0.25) is 0 Å². The maximum Gasteiger partial charge on any atom is 0.0723 e. The van der Waals surface area contributed by atoms with Crippen molar-refractivity contribution in [1.82, 2.24) is 9.97 Å². The van der Waals surface area contributed by atoms with Crippen LogP contribution in [-0.2, 0) is 0 Å². The molecule has 8 aromatic carbocycles. The zero-order chi connectivity index (χ0) is 34.9. The molecular formula is C50H31N3. The van der Waals surface area contributed by atoms with Crippen molar-refractivity contribution in [3.05, 3.63) is 188 Å². The van der Waals surface area contributed by atoms with Crippen LogP contribution < -0.4 is 4.90 Å². The van der Waals surface area contributed by atoms with Crippen molar-refractivity contribution in [2.45, 2.75) is 0 Å². The third kappa shape index (κ3) is 4.47. The molecule has 0 saturated heterocycles. The molecule has 1 aliphatic rings. The summed E-state index contributed by atoms with van der Waals surface area (Å²) in [5.74, 6) is 0. The fourth-order valence-corrected chi connectivity index (χ4v) is 8.68. The van der Waals surface area contributed by atoms with Crippen LogP contribution in [0.4, 0.5) is 17.1 Å². The molecule has 0 amide bonds. The van der Waals surface area contributed by atoms with E-state index in [1.54, 1.807) is 0 Å². The summed E-state index contributed by atoms with van der Waals surface area (Å²) < 4.78 is 0. The van der Waals surface area contributed by atoms with Crippen LogP contribution in [0.1, 0.15) is 0 Å². The quantitative estimate of drug-likeness (QED) is 0.182. The van der Waals surface area contributed by atoms with Gasteiger partial charge in [0.15, 0.2) is 0 Å². The fraction of sp³-hybridized carbons (Fsp3) is 0. The smallest absolute Gasteiger partial charge is 0.0723 e. The number of benzene rings is 8. The number of aromatic nitrogens is 2. The molecule has 0 unspecified atom stereocenters. The first-order chi connectivity index (χ1) is 26.3. The molecule has 0 radical (unpaired) electrons. The van der Waals surface area contributed by atoms with Crippen LogP contribution in [0.15, 0.2) is 188 Å². The lowest BCUT2D eigenvalue weighted by Gasteiger charge is -2.28. The Kier molecular flexibility index (Phi) is 6.55. The summed E-state index contributed by atoms with van der Waals surface area (Å²) in [6.07, 6.45) is 3.78. The lowest BCUT2D eigenvalue weighted by atomic mass is 9.82. The van der Waals surface area contributed by atoms with Gasteiger partial charge in [-0.15, -0.1) is 0 Å². The van der Waals surface area contributed by atoms with Gasteiger partial charge in [-0.3, -0.25) is 9.97 Å². The highest BCUT2D eigenvalue weighted by Crippen LogP contribution is 2.59. The summed E-state index contributed by atoms with van der Waals surface area (Å²) in [5, 5.41) is 7.18. The van der Waals surface area contributed by atoms with Gasteiger partial charge >= 0.3 is 0 Å². The number of anilines is 3. The van der Waals surface area contributed by atoms with Gasteiger partial charge < -0.3 is 4.90 Å². The van der Waals surface area contributed by atoms with Crippen molar-refractivity contribution in [3.8, 4) is 44.5 Å². The second kappa shape index (κ2) is 11.7. The normalized spacial score (nSPS) is 11.8. The average Bonchev–Trinajstić information content (AvgIpc) is 3.56. The van der Waals surface area contributed by atoms with Gasteiger partial charge in [0, 0.05) is 34.2 Å². The van der Waals surface area contributed by atoms with Gasteiger partial charge in [-0.1, -0.05) is 133 Å². The van der Waals surface area contributed by atoms with Gasteiger partial charge in [-0.05, 0) is 103 Å². The highest BCUT2D eigenvalue weighted by molar-refractivity contribution is 6.29. The molecule has 0 aliphatic heterocycles. The lowest BCUT2D eigenvalue weighted by molar-refractivity contribution is 1.29. The summed E-state index contributed by atoms with van der Waals surface area (Å²) in [5.41, 5.74) is 15.3. The van der Waals surface area contributed by atoms with Crippen molar-refractivity contribution in [3.63, 3.8) is 0 Å². The van der Waals surface area contributed by atoms with Gasteiger partial charge in [-0.25, -0.2) is 0 Å². The SMILES string of the molecule is c1ccc(-c2c3c(c(-c4ccccc4)c4ccccc24)-c2ccc(N(c4ccc5ncccc5c4)c4ccnc5ccccc45)c4cccc-3c24)cc1. The topological polar surface area (TPSA) is 29.0 Å². The molecule has 2 heterocycles. The van der Waals surface area contributed by atoms with Crippen LogP contribution in [-0.4, -0.2) is 9.97 Å². The zero-order valence-electron chi connectivity index (χ0n) is 28.7. The fourth-order valence-electron chi connectivity index (χ4n) is 8.68. The first-order valence-corrected chi connectivity index (χ1v) is 18.1. The maximum absolute atomic E-state index is 4.76. The highest BCUT2D eigenvalue weighted by atomic mass is 15.1. The summed E-state index contributed by atoms with van der Waals surface area (Å²) in [4.78, 5) is 11.8. The summed E-state index contributed by atoms with van der Waals surface area (Å²) in [6.45, 7) is 0. The molecule has 11 rings (SSSR count). The molecule has 3 heteroatoms. The van der Waals surface area contributed by atoms with Crippen molar-refractivity contribution in [1.29, 1.82) is 0 Å². The molecule has 0 fully saturated rings. The summed E-state index contributed by atoms with van der Waals surface area (Å²) in [7, 11) is 0. The largest absolute Gasteiger partial charge is 0.309 e. The standard InChI is InChI=1S/C50H31N3/c1-3-13-32(14-4-1)46-36-18-7-8-19-37(36)47(33-15-5-2-6-16-33)50-41-25-27-44(39-21-11-22-40(48(39)41)49(46)50)53(35-24-26-42-34(31-35)17-12-29-51-42)45-28-30-52-43-23-10-9-20-38(43)45/h1-31H. The lowest BCUT2D eigenvalue weighted by Crippen LogP contribution is -2.11. The van der Waals surface area contributed by atoms with E-state index >= 15 is 0 Å². The van der Waals surface area contributed by atoms with E-state index in [1.807, 2.05) is 18.5 Å². The van der Waals surface area contributed by atoms with Crippen LogP contribution in [0.3, 0.4) is 0 Å². The second-order valence-electron chi connectivity index (χ2n) is 13.7. The maximum atomic E-state index is 4.76. The third-order valence-corrected chi connectivity index (χ3v) is 10.8. The Bertz CT molecular complexity index is 2960. The average molecular weight is 674 g/mol. The van der Waals surface area contributed by atoms with Gasteiger partial charge in [-0.2, -0.15) is 0 Å². The van der Waals surface area contributed by atoms with Crippen LogP contribution in [0.2, 0.25) is 0 Å². The molecule has 0 N–H and O–H groups in total. The molecule has 53 heavy (non-hydrogen) atoms. The van der Waals surface area contributed by atoms with E-state index < -0.39 is 0 Å². The van der Waals surface area contributed by atoms with Crippen molar-refractivity contribution in [2.75, 3.05) is 4.90 Å². The Morgan fingerprint density at radius 3 is 1.70 bits per heavy atom. The molecule has 10 aromatic rings. The van der Waals surface area contributed by atoms with Crippen LogP contribution in [0.5, 0.6) is 0 Å². The van der Waals surface area contributed by atoms with Gasteiger partial charge in [0.05, 0.1) is 22.4 Å². The molecule has 0 saturated carbocycles. The number of nitrogens with zero attached hydrogens (tertiary/aromatic N) is 3. The Morgan fingerprint density at radius 1 is 0.358 bits per heavy atom. The minimum atomic E-state index is 0.961. The number of rotatable bonds is 5. The molecule has 0 bridgehead atoms. The Morgan fingerprint density at radius 2 is 0.962 bits per heavy atom. The number of hydrogen-bond acceptors (Lipinski definition) is 3.